The molecular formula is C14H16F3IN6O. The van der Waals surface area contributed by atoms with Crippen LogP contribution < -0.4 is 10.6 Å². The van der Waals surface area contributed by atoms with Crippen molar-refractivity contribution in [3.8, 4) is 0 Å². The third kappa shape index (κ3) is 3.46. The van der Waals surface area contributed by atoms with E-state index in [2.05, 4.69) is 20.8 Å². The number of amides is 1. The Balaban J connectivity index is 1.79. The predicted molar refractivity (Wildman–Crippen MR) is 92.1 cm³/mol. The van der Waals surface area contributed by atoms with E-state index in [4.69, 9.17) is 0 Å². The Labute approximate surface area is 155 Å². The van der Waals surface area contributed by atoms with Gasteiger partial charge in [-0.05, 0) is 35.9 Å². The number of aromatic nitrogens is 4. The molecular weight excluding hydrogens is 452 g/mol. The first kappa shape index (κ1) is 18.0. The zero-order valence-corrected chi connectivity index (χ0v) is 15.6. The van der Waals surface area contributed by atoms with Crippen molar-refractivity contribution >= 4 is 34.3 Å². The SMILES string of the molecule is C[C@@H]1C[C@@H](C(F)(F)F)n2ncc(CNC(=O)c3c(I)cnn3C)c2N1. The van der Waals surface area contributed by atoms with Crippen molar-refractivity contribution in [3.05, 3.63) is 27.2 Å². The van der Waals surface area contributed by atoms with Crippen LogP contribution in [0.3, 0.4) is 0 Å². The highest BCUT2D eigenvalue weighted by molar-refractivity contribution is 14.1. The lowest BCUT2D eigenvalue weighted by Crippen LogP contribution is -2.38. The number of carbonyl (C=O) groups is 1. The monoisotopic (exact) mass is 468 g/mol. The van der Waals surface area contributed by atoms with Gasteiger partial charge in [0, 0.05) is 25.2 Å². The fraction of sp³-hybridized carbons (Fsp3) is 0.500. The van der Waals surface area contributed by atoms with E-state index in [0.717, 1.165) is 4.68 Å². The Morgan fingerprint density at radius 1 is 1.44 bits per heavy atom. The molecule has 0 fully saturated rings. The van der Waals surface area contributed by atoms with Gasteiger partial charge in [-0.3, -0.25) is 9.48 Å². The minimum absolute atomic E-state index is 0.0692. The van der Waals surface area contributed by atoms with Crippen LogP contribution in [-0.4, -0.2) is 37.7 Å². The molecule has 2 atom stereocenters. The van der Waals surface area contributed by atoms with Crippen LogP contribution in [0, 0.1) is 3.57 Å². The zero-order valence-electron chi connectivity index (χ0n) is 13.4. The Morgan fingerprint density at radius 2 is 2.16 bits per heavy atom. The highest BCUT2D eigenvalue weighted by Gasteiger charge is 2.45. The molecule has 136 valence electrons. The number of aryl methyl sites for hydroxylation is 1. The van der Waals surface area contributed by atoms with E-state index in [0.29, 0.717) is 20.6 Å². The van der Waals surface area contributed by atoms with Crippen molar-refractivity contribution in [3.63, 3.8) is 0 Å². The van der Waals surface area contributed by atoms with Crippen molar-refractivity contribution in [1.29, 1.82) is 0 Å². The van der Waals surface area contributed by atoms with E-state index in [1.54, 1.807) is 20.2 Å². The molecule has 0 spiro atoms. The first-order chi connectivity index (χ1) is 11.7. The van der Waals surface area contributed by atoms with Crippen molar-refractivity contribution in [2.45, 2.75) is 38.1 Å². The molecule has 1 aliphatic rings. The van der Waals surface area contributed by atoms with Gasteiger partial charge in [-0.15, -0.1) is 0 Å². The van der Waals surface area contributed by atoms with E-state index in [9.17, 15) is 18.0 Å². The zero-order chi connectivity index (χ0) is 18.4. The molecule has 0 radical (unpaired) electrons. The summed E-state index contributed by atoms with van der Waals surface area (Å²) in [4.78, 5) is 12.3. The summed E-state index contributed by atoms with van der Waals surface area (Å²) in [6.07, 6.45) is -1.54. The van der Waals surface area contributed by atoms with Crippen molar-refractivity contribution < 1.29 is 18.0 Å². The maximum absolute atomic E-state index is 13.2. The number of fused-ring (bicyclic) bond motifs is 1. The normalized spacial score (nSPS) is 20.1. The number of alkyl halides is 3. The van der Waals surface area contributed by atoms with E-state index >= 15 is 0 Å². The van der Waals surface area contributed by atoms with E-state index in [1.807, 2.05) is 22.6 Å². The molecule has 0 bridgehead atoms. The van der Waals surface area contributed by atoms with Gasteiger partial charge >= 0.3 is 6.18 Å². The first-order valence-electron chi connectivity index (χ1n) is 7.53. The molecule has 11 heteroatoms. The highest BCUT2D eigenvalue weighted by atomic mass is 127. The summed E-state index contributed by atoms with van der Waals surface area (Å²) in [5, 5.41) is 13.6. The quantitative estimate of drug-likeness (QED) is 0.679. The Kier molecular flexibility index (Phi) is 4.68. The highest BCUT2D eigenvalue weighted by Crippen LogP contribution is 2.40. The van der Waals surface area contributed by atoms with Crippen LogP contribution >= 0.6 is 22.6 Å². The van der Waals surface area contributed by atoms with Gasteiger partial charge in [0.1, 0.15) is 11.5 Å². The molecule has 3 heterocycles. The predicted octanol–water partition coefficient (Wildman–Crippen LogP) is 2.46. The molecule has 0 aliphatic carbocycles. The largest absolute Gasteiger partial charge is 0.410 e. The Bertz CT molecular complexity index is 780. The van der Waals surface area contributed by atoms with Gasteiger partial charge in [0.05, 0.1) is 16.0 Å². The van der Waals surface area contributed by atoms with Gasteiger partial charge in [-0.2, -0.15) is 23.4 Å². The maximum Gasteiger partial charge on any atom is 0.410 e. The first-order valence-corrected chi connectivity index (χ1v) is 8.61. The molecule has 1 aliphatic heterocycles. The molecule has 1 amide bonds. The lowest BCUT2D eigenvalue weighted by molar-refractivity contribution is -0.173. The summed E-state index contributed by atoms with van der Waals surface area (Å²) in [5.74, 6) is -0.0540. The number of rotatable bonds is 3. The molecule has 2 N–H and O–H groups in total. The second-order valence-electron chi connectivity index (χ2n) is 5.95. The maximum atomic E-state index is 13.2. The van der Waals surface area contributed by atoms with Crippen LogP contribution in [-0.2, 0) is 13.6 Å². The summed E-state index contributed by atoms with van der Waals surface area (Å²) in [6.45, 7) is 1.76. The molecule has 2 aromatic rings. The van der Waals surface area contributed by atoms with Gasteiger partial charge in [-0.25, -0.2) is 4.68 Å². The third-order valence-corrected chi connectivity index (χ3v) is 4.84. The van der Waals surface area contributed by atoms with Crippen LogP contribution in [0.15, 0.2) is 12.4 Å². The third-order valence-electron chi connectivity index (χ3n) is 4.05. The number of halogens is 4. The number of hydrogen-bond donors (Lipinski definition) is 2. The van der Waals surface area contributed by atoms with E-state index in [1.165, 1.54) is 10.9 Å². The van der Waals surface area contributed by atoms with Crippen molar-refractivity contribution in [2.24, 2.45) is 7.05 Å². The van der Waals surface area contributed by atoms with Crippen molar-refractivity contribution in [2.75, 3.05) is 5.32 Å². The van der Waals surface area contributed by atoms with Gasteiger partial charge in [0.15, 0.2) is 6.04 Å². The molecule has 0 saturated carbocycles. The smallest absolute Gasteiger partial charge is 0.367 e. The minimum Gasteiger partial charge on any atom is -0.367 e. The molecule has 7 nitrogen and oxygen atoms in total. The molecule has 0 aromatic carbocycles. The topological polar surface area (TPSA) is 76.8 Å². The van der Waals surface area contributed by atoms with Crippen LogP contribution in [0.4, 0.5) is 19.0 Å². The average Bonchev–Trinajstić information content (AvgIpc) is 3.06. The van der Waals surface area contributed by atoms with Crippen LogP contribution in [0.1, 0.15) is 35.4 Å². The standard InChI is InChI=1S/C14H16F3IN6O/c1-7-3-10(14(15,16)17)24-12(22-7)8(5-21-24)4-19-13(25)11-9(18)6-20-23(11)2/h5-7,10,22H,3-4H2,1-2H3,(H,19,25)/t7-,10+/m1/s1. The summed E-state index contributed by atoms with van der Waals surface area (Å²) in [7, 11) is 1.65. The van der Waals surface area contributed by atoms with Crippen LogP contribution in [0.5, 0.6) is 0 Å². The summed E-state index contributed by atoms with van der Waals surface area (Å²) < 4.78 is 42.8. The average molecular weight is 468 g/mol. The second kappa shape index (κ2) is 6.50. The summed E-state index contributed by atoms with van der Waals surface area (Å²) in [5.41, 5.74) is 0.905. The number of carbonyl (C=O) groups excluding carboxylic acids is 1. The van der Waals surface area contributed by atoms with Gasteiger partial charge in [0.25, 0.3) is 5.91 Å². The van der Waals surface area contributed by atoms with Gasteiger partial charge < -0.3 is 10.6 Å². The number of anilines is 1. The lowest BCUT2D eigenvalue weighted by Gasteiger charge is -2.32. The fourth-order valence-corrected chi connectivity index (χ4v) is 3.57. The lowest BCUT2D eigenvalue weighted by atomic mass is 10.1. The number of nitrogens with one attached hydrogen (secondary N) is 2. The second-order valence-corrected chi connectivity index (χ2v) is 7.11. The summed E-state index contributed by atoms with van der Waals surface area (Å²) >= 11 is 2.00. The van der Waals surface area contributed by atoms with Crippen molar-refractivity contribution in [1.82, 2.24) is 24.9 Å². The fourth-order valence-electron chi connectivity index (χ4n) is 2.85. The van der Waals surface area contributed by atoms with Gasteiger partial charge in [-0.1, -0.05) is 0 Å². The van der Waals surface area contributed by atoms with Crippen LogP contribution in [0.25, 0.3) is 0 Å². The molecule has 2 aromatic heterocycles. The molecule has 0 unspecified atom stereocenters. The summed E-state index contributed by atoms with van der Waals surface area (Å²) in [6, 6.07) is -2.01. The minimum atomic E-state index is -4.37. The number of nitrogens with zero attached hydrogens (tertiary/aromatic N) is 4. The molecule has 0 saturated heterocycles. The molecule has 3 rings (SSSR count). The van der Waals surface area contributed by atoms with E-state index in [-0.39, 0.29) is 24.9 Å². The van der Waals surface area contributed by atoms with Gasteiger partial charge in [0.2, 0.25) is 0 Å². The Hall–Kier alpha value is -1.79. The van der Waals surface area contributed by atoms with E-state index < -0.39 is 12.2 Å². The molecule has 25 heavy (non-hydrogen) atoms. The Morgan fingerprint density at radius 3 is 2.76 bits per heavy atom. The number of hydrogen-bond acceptors (Lipinski definition) is 4. The van der Waals surface area contributed by atoms with Crippen LogP contribution in [0.2, 0.25) is 0 Å².